The highest BCUT2D eigenvalue weighted by Crippen LogP contribution is 2.65. The fraction of sp³-hybridized carbons (Fsp3) is 0.875. The van der Waals surface area contributed by atoms with E-state index in [2.05, 4.69) is 9.37 Å². The molecule has 0 aromatic rings. The lowest BCUT2D eigenvalue weighted by Crippen LogP contribution is -2.69. The van der Waals surface area contributed by atoms with Gasteiger partial charge in [-0.2, -0.15) is 13.1 Å². The molecule has 0 aromatic heterocycles. The van der Waals surface area contributed by atoms with Crippen molar-refractivity contribution in [2.45, 2.75) is 126 Å². The average Bonchev–Trinajstić information content (AvgIpc) is 3.15. The third-order valence-corrected chi connectivity index (χ3v) is 17.1. The van der Waals surface area contributed by atoms with Gasteiger partial charge in [0.25, 0.3) is 0 Å². The Morgan fingerprint density at radius 2 is 1.27 bits per heavy atom. The van der Waals surface area contributed by atoms with E-state index >= 15 is 0 Å². The first-order valence-corrected chi connectivity index (χ1v) is 21.2. The topological polar surface area (TPSA) is 164 Å². The molecule has 1 spiro atoms. The van der Waals surface area contributed by atoms with Crippen LogP contribution in [0.1, 0.15) is 109 Å². The summed E-state index contributed by atoms with van der Waals surface area (Å²) in [4.78, 5) is 66.8. The van der Waals surface area contributed by atoms with E-state index in [0.717, 1.165) is 38.5 Å². The molecule has 15 heteroatoms. The number of carbonyl (C=O) groups is 5. The molecule has 1 saturated heterocycles. The van der Waals surface area contributed by atoms with Crippen LogP contribution in [0.25, 0.3) is 0 Å². The second-order valence-corrected chi connectivity index (χ2v) is 20.8. The number of alkyl halides is 2. The van der Waals surface area contributed by atoms with Crippen LogP contribution in [0.4, 0.5) is 8.78 Å². The van der Waals surface area contributed by atoms with E-state index in [1.54, 1.807) is 0 Å². The molecule has 13 fully saturated rings. The van der Waals surface area contributed by atoms with Gasteiger partial charge < -0.3 is 24.2 Å². The summed E-state index contributed by atoms with van der Waals surface area (Å²) < 4.78 is 58.1. The highest BCUT2D eigenvalue weighted by molar-refractivity contribution is 7.96. The molecule has 6 unspecified atom stereocenters. The van der Waals surface area contributed by atoms with Gasteiger partial charge in [-0.1, -0.05) is 0 Å². The Hall–Kier alpha value is -2.04. The summed E-state index contributed by atoms with van der Waals surface area (Å²) in [5, 5.41) is 9.00. The van der Waals surface area contributed by atoms with Crippen molar-refractivity contribution in [3.8, 4) is 0 Å². The molecule has 12 bridgehead atoms. The van der Waals surface area contributed by atoms with E-state index in [0.29, 0.717) is 74.8 Å². The standard InChI is InChI=1S/C40H50F2O12S/c41-40(42,55-54-53-48)34(47)52-38-11-23-7-28(16-38)39(29(8-23)17-38)50-19-35(20-51-39,2-1-30(43)36-9-21-3-24(12-36)31(44)25(4-21)13-36)18-49-33(46)37-10-22-5-26(14-37)32(45)27(6-22)15-37/h21-29,48H,1-20H2/p-1. The minimum absolute atomic E-state index is 0.00561. The molecule has 55 heavy (non-hydrogen) atoms. The van der Waals surface area contributed by atoms with Crippen molar-refractivity contribution in [1.29, 1.82) is 0 Å². The number of carbonyl (C=O) groups excluding carboxylic acids is 5. The normalized spacial score (nSPS) is 48.5. The molecule has 13 aliphatic rings. The molecular weight excluding hydrogens is 742 g/mol. The second-order valence-electron chi connectivity index (χ2n) is 20.0. The summed E-state index contributed by atoms with van der Waals surface area (Å²) in [6.07, 6.45) is 10.4. The molecule has 12 saturated carbocycles. The predicted octanol–water partition coefficient (Wildman–Crippen LogP) is 4.99. The first-order valence-electron chi connectivity index (χ1n) is 20.5. The van der Waals surface area contributed by atoms with Crippen molar-refractivity contribution in [3.63, 3.8) is 0 Å². The summed E-state index contributed by atoms with van der Waals surface area (Å²) >= 11 is -0.701. The molecule has 12 aliphatic carbocycles. The largest absolute Gasteiger partial charge is 0.691 e. The maximum absolute atomic E-state index is 14.4. The van der Waals surface area contributed by atoms with Crippen LogP contribution in [0.2, 0.25) is 0 Å². The third kappa shape index (κ3) is 5.84. The van der Waals surface area contributed by atoms with E-state index in [1.807, 2.05) is 0 Å². The monoisotopic (exact) mass is 791 g/mol. The number of halogens is 2. The number of ketones is 3. The first kappa shape index (κ1) is 37.2. The van der Waals surface area contributed by atoms with Crippen molar-refractivity contribution in [2.24, 2.45) is 69.5 Å². The number of Topliss-reactive ketones (excluding diaryl/α,β-unsaturated/α-hetero) is 3. The van der Waals surface area contributed by atoms with Gasteiger partial charge in [-0.05, 0) is 120 Å². The van der Waals surface area contributed by atoms with Crippen LogP contribution >= 0.6 is 12.0 Å². The zero-order valence-corrected chi connectivity index (χ0v) is 31.7. The Kier molecular flexibility index (Phi) is 8.62. The Morgan fingerprint density at radius 1 is 0.745 bits per heavy atom. The summed E-state index contributed by atoms with van der Waals surface area (Å²) in [6.45, 7) is 0.335. The number of hydrogen-bond donors (Lipinski definition) is 0. The van der Waals surface area contributed by atoms with E-state index in [4.69, 9.17) is 18.9 Å². The molecular formula is C40H49F2O12S-. The molecule has 0 amide bonds. The Labute approximate surface area is 322 Å². The molecule has 0 N–H and O–H groups in total. The van der Waals surface area contributed by atoms with Crippen LogP contribution in [0.15, 0.2) is 0 Å². The van der Waals surface area contributed by atoms with Crippen LogP contribution in [-0.4, -0.2) is 65.8 Å². The SMILES string of the molecule is O=C1C2CC3CC1CC(C(=O)CCC1(COC(=O)C45CC6CC(C4)C(=O)C(C6)C5)COC4(OC1)C1CC5CC4CC(OC(=O)C(F)(F)SOO[O-])(C5)C1)(C3)C2. The van der Waals surface area contributed by atoms with Gasteiger partial charge in [0.15, 0.2) is 5.79 Å². The van der Waals surface area contributed by atoms with E-state index < -0.39 is 50.9 Å². The third-order valence-electron chi connectivity index (χ3n) is 16.6. The molecule has 302 valence electrons. The summed E-state index contributed by atoms with van der Waals surface area (Å²) in [5.41, 5.74) is -3.11. The van der Waals surface area contributed by atoms with Gasteiger partial charge >= 0.3 is 17.2 Å². The highest BCUT2D eigenvalue weighted by atomic mass is 32.2. The Morgan fingerprint density at radius 3 is 1.84 bits per heavy atom. The quantitative estimate of drug-likeness (QED) is 0.113. The van der Waals surface area contributed by atoms with Crippen molar-refractivity contribution in [1.82, 2.24) is 0 Å². The first-order chi connectivity index (χ1) is 26.2. The fourth-order valence-electron chi connectivity index (χ4n) is 14.8. The van der Waals surface area contributed by atoms with Gasteiger partial charge in [-0.25, -0.2) is 4.79 Å². The fourth-order valence-corrected chi connectivity index (χ4v) is 15.0. The lowest BCUT2D eigenvalue weighted by molar-refractivity contribution is -0.777. The molecule has 1 heterocycles. The van der Waals surface area contributed by atoms with Crippen LogP contribution in [0.3, 0.4) is 0 Å². The molecule has 1 aliphatic heterocycles. The van der Waals surface area contributed by atoms with Crippen LogP contribution in [0, 0.1) is 69.5 Å². The zero-order chi connectivity index (χ0) is 38.2. The molecule has 0 radical (unpaired) electrons. The van der Waals surface area contributed by atoms with Crippen LogP contribution < -0.4 is 5.26 Å². The van der Waals surface area contributed by atoms with Crippen LogP contribution in [0.5, 0.6) is 0 Å². The van der Waals surface area contributed by atoms with E-state index in [-0.39, 0.29) is 92.3 Å². The number of ether oxygens (including phenoxy) is 4. The Balaban J connectivity index is 0.860. The maximum Gasteiger partial charge on any atom is 0.415 e. The second kappa shape index (κ2) is 12.7. The van der Waals surface area contributed by atoms with Gasteiger partial charge in [-0.15, -0.1) is 0 Å². The lowest BCUT2D eigenvalue weighted by atomic mass is 9.47. The lowest BCUT2D eigenvalue weighted by Gasteiger charge is -2.65. The maximum atomic E-state index is 14.4. The number of hydrogen-bond acceptors (Lipinski definition) is 13. The smallest absolute Gasteiger partial charge is 0.415 e. The van der Waals surface area contributed by atoms with Crippen molar-refractivity contribution in [3.05, 3.63) is 0 Å². The van der Waals surface area contributed by atoms with Gasteiger partial charge in [-0.3, -0.25) is 24.2 Å². The van der Waals surface area contributed by atoms with E-state index in [9.17, 15) is 38.0 Å². The van der Waals surface area contributed by atoms with Gasteiger partial charge in [0.1, 0.15) is 41.6 Å². The minimum atomic E-state index is -4.14. The molecule has 13 rings (SSSR count). The van der Waals surface area contributed by atoms with Gasteiger partial charge in [0.05, 0.1) is 24.0 Å². The number of esters is 2. The molecule has 0 aromatic carbocycles. The van der Waals surface area contributed by atoms with Crippen molar-refractivity contribution < 1.29 is 66.3 Å². The Bertz CT molecular complexity index is 1550. The van der Waals surface area contributed by atoms with Gasteiger partial charge in [0, 0.05) is 47.3 Å². The number of rotatable bonds is 12. The molecule has 6 atom stereocenters. The summed E-state index contributed by atoms with van der Waals surface area (Å²) in [5.74, 6) is -2.13. The van der Waals surface area contributed by atoms with Crippen molar-refractivity contribution >= 4 is 41.3 Å². The average molecular weight is 792 g/mol. The molecule has 12 nitrogen and oxygen atoms in total. The predicted molar refractivity (Wildman–Crippen MR) is 181 cm³/mol. The van der Waals surface area contributed by atoms with E-state index in [1.165, 1.54) is 0 Å². The van der Waals surface area contributed by atoms with Crippen LogP contribution in [-0.2, 0) is 52.3 Å². The zero-order valence-electron chi connectivity index (χ0n) is 30.9. The van der Waals surface area contributed by atoms with Crippen molar-refractivity contribution in [2.75, 3.05) is 19.8 Å². The summed E-state index contributed by atoms with van der Waals surface area (Å²) in [7, 11) is 0. The highest BCUT2D eigenvalue weighted by Gasteiger charge is 2.68. The summed E-state index contributed by atoms with van der Waals surface area (Å²) in [6, 6.07) is 0. The minimum Gasteiger partial charge on any atom is -0.691 e. The van der Waals surface area contributed by atoms with Gasteiger partial charge in [0.2, 0.25) is 0 Å².